The molecule has 0 aromatic carbocycles. The Bertz CT molecular complexity index is 846. The monoisotopic (exact) mass is 503 g/mol. The molecule has 4 rings (SSSR count). The van der Waals surface area contributed by atoms with Crippen molar-refractivity contribution in [2.24, 2.45) is 5.10 Å². The van der Waals surface area contributed by atoms with Crippen LogP contribution in [0.4, 0.5) is 0 Å². The average molecular weight is 504 g/mol. The molecule has 3 fully saturated rings. The molecule has 1 saturated carbocycles. The first-order valence-corrected chi connectivity index (χ1v) is 13.7. The zero-order valence-electron chi connectivity index (χ0n) is 22.3. The van der Waals surface area contributed by atoms with E-state index in [2.05, 4.69) is 32.6 Å². The summed E-state index contributed by atoms with van der Waals surface area (Å²) in [6.07, 6.45) is 9.00. The van der Waals surface area contributed by atoms with Crippen LogP contribution in [0.15, 0.2) is 16.9 Å². The standard InChI is InChI=1S/C26H45N7O3/c1-26(25(36)28-20-9-6-4-5-7-10-20)19-33-22(24(35)31(26)3)12-11-21(29-33)23(34)27-13-8-14-32-17-15-30(2)16-18-32/h12,20,25,28,36H,4-11,13-19H2,1-3H3,(H,27,34). The number of hydrogen-bond acceptors (Lipinski definition) is 8. The molecule has 4 aliphatic rings. The summed E-state index contributed by atoms with van der Waals surface area (Å²) >= 11 is 0. The van der Waals surface area contributed by atoms with Gasteiger partial charge >= 0.3 is 0 Å². The Kier molecular flexibility index (Phi) is 9.03. The fraction of sp³-hybridized carbons (Fsp3) is 0.808. The van der Waals surface area contributed by atoms with E-state index in [-0.39, 0.29) is 17.9 Å². The van der Waals surface area contributed by atoms with E-state index in [1.165, 1.54) is 12.8 Å². The summed E-state index contributed by atoms with van der Waals surface area (Å²) in [7, 11) is 3.89. The van der Waals surface area contributed by atoms with E-state index in [0.29, 0.717) is 30.9 Å². The quantitative estimate of drug-likeness (QED) is 0.252. The first-order valence-electron chi connectivity index (χ1n) is 13.7. The summed E-state index contributed by atoms with van der Waals surface area (Å²) in [4.78, 5) is 32.4. The van der Waals surface area contributed by atoms with Crippen molar-refractivity contribution in [2.45, 2.75) is 76.1 Å². The fourth-order valence-corrected chi connectivity index (χ4v) is 5.61. The lowest BCUT2D eigenvalue weighted by atomic mass is 9.92. The van der Waals surface area contributed by atoms with E-state index in [4.69, 9.17) is 0 Å². The lowest BCUT2D eigenvalue weighted by molar-refractivity contribution is -0.147. The van der Waals surface area contributed by atoms with Crippen LogP contribution >= 0.6 is 0 Å². The minimum absolute atomic E-state index is 0.180. The molecule has 2 atom stereocenters. The molecule has 10 heteroatoms. The lowest BCUT2D eigenvalue weighted by Gasteiger charge is -2.50. The largest absolute Gasteiger partial charge is 0.376 e. The highest BCUT2D eigenvalue weighted by molar-refractivity contribution is 6.39. The first kappa shape index (κ1) is 27.0. The van der Waals surface area contributed by atoms with Gasteiger partial charge in [0.15, 0.2) is 0 Å². The second-order valence-corrected chi connectivity index (χ2v) is 11.1. The zero-order valence-corrected chi connectivity index (χ0v) is 22.3. The SMILES string of the molecule is CN1CCN(CCCNC(=O)C2=NN3CC(C)(C(O)NC4CCCCCC4)N(C)C(=O)C3=CC2)CC1. The summed E-state index contributed by atoms with van der Waals surface area (Å²) in [5, 5.41) is 23.8. The van der Waals surface area contributed by atoms with Crippen molar-refractivity contribution in [3.05, 3.63) is 11.8 Å². The molecule has 2 saturated heterocycles. The molecule has 3 N–H and O–H groups in total. The van der Waals surface area contributed by atoms with Crippen LogP contribution in [-0.2, 0) is 9.59 Å². The van der Waals surface area contributed by atoms with Crippen LogP contribution in [0, 0.1) is 0 Å². The van der Waals surface area contributed by atoms with Gasteiger partial charge in [-0.2, -0.15) is 5.10 Å². The Labute approximate surface area is 215 Å². The number of amides is 2. The lowest BCUT2D eigenvalue weighted by Crippen LogP contribution is -2.69. The van der Waals surface area contributed by atoms with E-state index in [1.807, 2.05) is 6.92 Å². The maximum Gasteiger partial charge on any atom is 0.272 e. The molecule has 202 valence electrons. The predicted molar refractivity (Wildman–Crippen MR) is 140 cm³/mol. The van der Waals surface area contributed by atoms with Crippen molar-refractivity contribution < 1.29 is 14.7 Å². The summed E-state index contributed by atoms with van der Waals surface area (Å²) < 4.78 is 0. The molecule has 0 aromatic rings. The van der Waals surface area contributed by atoms with Crippen LogP contribution in [0.3, 0.4) is 0 Å². The minimum atomic E-state index is -0.889. The van der Waals surface area contributed by atoms with Crippen molar-refractivity contribution >= 4 is 17.5 Å². The molecule has 1 aliphatic carbocycles. The number of carbonyl (C=O) groups is 2. The predicted octanol–water partition coefficient (Wildman–Crippen LogP) is 0.547. The van der Waals surface area contributed by atoms with Gasteiger partial charge in [0.1, 0.15) is 17.6 Å². The van der Waals surface area contributed by atoms with E-state index in [0.717, 1.165) is 64.8 Å². The summed E-state index contributed by atoms with van der Waals surface area (Å²) in [6.45, 7) is 8.11. The molecule has 3 heterocycles. The molecule has 0 aromatic heterocycles. The fourth-order valence-electron chi connectivity index (χ4n) is 5.61. The summed E-state index contributed by atoms with van der Waals surface area (Å²) in [5.41, 5.74) is 0.0126. The molecule has 2 unspecified atom stereocenters. The number of carbonyl (C=O) groups excluding carboxylic acids is 2. The van der Waals surface area contributed by atoms with Gasteiger partial charge in [0.05, 0.1) is 12.1 Å². The number of allylic oxidation sites excluding steroid dienone is 1. The van der Waals surface area contributed by atoms with Gasteiger partial charge in [-0.25, -0.2) is 0 Å². The number of hydrazone groups is 1. The molecule has 0 spiro atoms. The number of hydrogen-bond donors (Lipinski definition) is 3. The smallest absolute Gasteiger partial charge is 0.272 e. The summed E-state index contributed by atoms with van der Waals surface area (Å²) in [6, 6.07) is 0.247. The van der Waals surface area contributed by atoms with Gasteiger partial charge in [0, 0.05) is 52.2 Å². The van der Waals surface area contributed by atoms with Crippen molar-refractivity contribution in [1.29, 1.82) is 0 Å². The summed E-state index contributed by atoms with van der Waals surface area (Å²) in [5.74, 6) is -0.366. The van der Waals surface area contributed by atoms with Gasteiger partial charge in [-0.1, -0.05) is 25.7 Å². The molecular formula is C26H45N7O3. The second-order valence-electron chi connectivity index (χ2n) is 11.1. The third-order valence-corrected chi connectivity index (χ3v) is 8.40. The molecule has 3 aliphatic heterocycles. The number of aliphatic hydroxyl groups is 1. The van der Waals surface area contributed by atoms with E-state index in [1.54, 1.807) is 23.0 Å². The molecule has 0 radical (unpaired) electrons. The van der Waals surface area contributed by atoms with Gasteiger partial charge in [-0.3, -0.25) is 19.9 Å². The maximum atomic E-state index is 13.2. The van der Waals surface area contributed by atoms with Crippen LogP contribution in [-0.4, -0.2) is 120 Å². The molecular weight excluding hydrogens is 458 g/mol. The molecule has 36 heavy (non-hydrogen) atoms. The number of nitrogens with one attached hydrogen (secondary N) is 2. The minimum Gasteiger partial charge on any atom is -0.376 e. The van der Waals surface area contributed by atoms with E-state index >= 15 is 0 Å². The second kappa shape index (κ2) is 12.0. The third-order valence-electron chi connectivity index (χ3n) is 8.40. The maximum absolute atomic E-state index is 13.2. The van der Waals surface area contributed by atoms with E-state index < -0.39 is 11.8 Å². The highest BCUT2D eigenvalue weighted by Gasteiger charge is 2.48. The molecule has 0 bridgehead atoms. The Morgan fingerprint density at radius 3 is 2.56 bits per heavy atom. The zero-order chi connectivity index (χ0) is 25.7. The van der Waals surface area contributed by atoms with Crippen LogP contribution < -0.4 is 10.6 Å². The number of rotatable bonds is 8. The van der Waals surface area contributed by atoms with Gasteiger partial charge in [0.2, 0.25) is 0 Å². The van der Waals surface area contributed by atoms with Gasteiger partial charge in [-0.15, -0.1) is 0 Å². The number of likely N-dealkylation sites (N-methyl/N-ethyl adjacent to an activating group) is 2. The van der Waals surface area contributed by atoms with Gasteiger partial charge < -0.3 is 25.1 Å². The number of piperazine rings is 2. The number of aliphatic hydroxyl groups excluding tert-OH is 1. The topological polar surface area (TPSA) is 104 Å². The Morgan fingerprint density at radius 2 is 1.86 bits per heavy atom. The van der Waals surface area contributed by atoms with Crippen LogP contribution in [0.1, 0.15) is 58.3 Å². The average Bonchev–Trinajstić information content (AvgIpc) is 3.14. The Balaban J connectivity index is 1.32. The first-order chi connectivity index (χ1) is 17.3. The van der Waals surface area contributed by atoms with Gasteiger partial charge in [0.25, 0.3) is 11.8 Å². The Morgan fingerprint density at radius 1 is 1.17 bits per heavy atom. The molecule has 10 nitrogen and oxygen atoms in total. The normalized spacial score (nSPS) is 27.7. The third kappa shape index (κ3) is 6.27. The highest BCUT2D eigenvalue weighted by atomic mass is 16.3. The number of nitrogens with zero attached hydrogens (tertiary/aromatic N) is 5. The highest BCUT2D eigenvalue weighted by Crippen LogP contribution is 2.32. The Hall–Kier alpha value is -2.01. The van der Waals surface area contributed by atoms with Crippen molar-refractivity contribution in [1.82, 2.24) is 30.3 Å². The van der Waals surface area contributed by atoms with Gasteiger partial charge in [-0.05, 0) is 45.9 Å². The van der Waals surface area contributed by atoms with E-state index in [9.17, 15) is 14.7 Å². The van der Waals surface area contributed by atoms with Crippen LogP contribution in [0.5, 0.6) is 0 Å². The van der Waals surface area contributed by atoms with Crippen molar-refractivity contribution in [2.75, 3.05) is 59.9 Å². The van der Waals surface area contributed by atoms with Crippen molar-refractivity contribution in [3.8, 4) is 0 Å². The molecule has 2 amide bonds. The van der Waals surface area contributed by atoms with Crippen LogP contribution in [0.2, 0.25) is 0 Å². The van der Waals surface area contributed by atoms with Crippen LogP contribution in [0.25, 0.3) is 0 Å². The van der Waals surface area contributed by atoms with Crippen molar-refractivity contribution in [3.63, 3.8) is 0 Å². The number of fused-ring (bicyclic) bond motifs is 1.